The molecule has 0 amide bonds. The average Bonchev–Trinajstić information content (AvgIpc) is 2.45. The van der Waals surface area contributed by atoms with Gasteiger partial charge in [-0.05, 0) is 36.4 Å². The molecule has 18 heavy (non-hydrogen) atoms. The predicted octanol–water partition coefficient (Wildman–Crippen LogP) is 3.08. The molecule has 0 unspecified atom stereocenters. The third-order valence-corrected chi connectivity index (χ3v) is 2.56. The first kappa shape index (κ1) is 12.3. The average molecular weight is 243 g/mol. The Kier molecular flexibility index (Phi) is 4.07. The summed E-state index contributed by atoms with van der Waals surface area (Å²) in [7, 11) is 3.28. The molecule has 0 bridgehead atoms. The van der Waals surface area contributed by atoms with E-state index in [2.05, 4.69) is 6.07 Å². The molecule has 3 heteroatoms. The molecule has 0 atom stereocenters. The van der Waals surface area contributed by atoms with Crippen molar-refractivity contribution < 1.29 is 14.2 Å². The maximum atomic E-state index is 5.67. The molecule has 0 aliphatic rings. The van der Waals surface area contributed by atoms with Gasteiger partial charge in [0.2, 0.25) is 0 Å². The van der Waals surface area contributed by atoms with Gasteiger partial charge in [-0.1, -0.05) is 12.1 Å². The largest absolute Gasteiger partial charge is 0.497 e. The van der Waals surface area contributed by atoms with Crippen LogP contribution in [0, 0.1) is 6.07 Å². The van der Waals surface area contributed by atoms with Gasteiger partial charge in [0, 0.05) is 5.56 Å². The van der Waals surface area contributed by atoms with E-state index in [0.717, 1.165) is 22.8 Å². The van der Waals surface area contributed by atoms with Gasteiger partial charge < -0.3 is 14.2 Å². The first-order chi connectivity index (χ1) is 8.83. The van der Waals surface area contributed by atoms with Crippen molar-refractivity contribution in [1.29, 1.82) is 0 Å². The van der Waals surface area contributed by atoms with E-state index in [-0.39, 0.29) is 0 Å². The first-order valence-corrected chi connectivity index (χ1v) is 5.63. The summed E-state index contributed by atoms with van der Waals surface area (Å²) in [6.07, 6.45) is 0. The summed E-state index contributed by atoms with van der Waals surface area (Å²) < 4.78 is 16.1. The van der Waals surface area contributed by atoms with Crippen LogP contribution in [0.4, 0.5) is 0 Å². The number of rotatable bonds is 5. The van der Waals surface area contributed by atoms with Gasteiger partial charge in [-0.25, -0.2) is 0 Å². The van der Waals surface area contributed by atoms with E-state index in [1.807, 2.05) is 36.4 Å². The molecule has 2 rings (SSSR count). The van der Waals surface area contributed by atoms with E-state index in [0.29, 0.717) is 6.61 Å². The van der Waals surface area contributed by atoms with Gasteiger partial charge in [-0.3, -0.25) is 0 Å². The number of benzene rings is 2. The second kappa shape index (κ2) is 5.96. The minimum atomic E-state index is 0.429. The fourth-order valence-corrected chi connectivity index (χ4v) is 1.62. The van der Waals surface area contributed by atoms with Crippen LogP contribution in [0.5, 0.6) is 17.2 Å². The van der Waals surface area contributed by atoms with Gasteiger partial charge in [-0.2, -0.15) is 0 Å². The van der Waals surface area contributed by atoms with E-state index in [4.69, 9.17) is 14.2 Å². The zero-order chi connectivity index (χ0) is 12.8. The molecule has 0 aromatic heterocycles. The van der Waals surface area contributed by atoms with Crippen LogP contribution >= 0.6 is 0 Å². The first-order valence-electron chi connectivity index (χ1n) is 5.63. The Bertz CT molecular complexity index is 494. The zero-order valence-electron chi connectivity index (χ0n) is 10.5. The lowest BCUT2D eigenvalue weighted by atomic mass is 10.2. The van der Waals surface area contributed by atoms with Crippen molar-refractivity contribution >= 4 is 0 Å². The summed E-state index contributed by atoms with van der Waals surface area (Å²) in [5.74, 6) is 2.35. The van der Waals surface area contributed by atoms with Gasteiger partial charge >= 0.3 is 0 Å². The maximum absolute atomic E-state index is 5.67. The Hall–Kier alpha value is -2.16. The monoisotopic (exact) mass is 243 g/mol. The lowest BCUT2D eigenvalue weighted by Gasteiger charge is -2.11. The van der Waals surface area contributed by atoms with E-state index < -0.39 is 0 Å². The Balaban J connectivity index is 2.12. The summed E-state index contributed by atoms with van der Waals surface area (Å²) >= 11 is 0. The molecule has 0 saturated heterocycles. The molecule has 2 aromatic rings. The lowest BCUT2D eigenvalue weighted by molar-refractivity contribution is 0.295. The van der Waals surface area contributed by atoms with Gasteiger partial charge in [0.1, 0.15) is 23.9 Å². The molecule has 0 fully saturated rings. The van der Waals surface area contributed by atoms with Crippen LogP contribution in [-0.4, -0.2) is 14.2 Å². The highest BCUT2D eigenvalue weighted by Gasteiger charge is 2.05. The highest BCUT2D eigenvalue weighted by Crippen LogP contribution is 2.25. The highest BCUT2D eigenvalue weighted by atomic mass is 16.5. The van der Waals surface area contributed by atoms with Crippen LogP contribution in [-0.2, 0) is 6.61 Å². The van der Waals surface area contributed by atoms with E-state index in [9.17, 15) is 0 Å². The highest BCUT2D eigenvalue weighted by molar-refractivity contribution is 5.40. The number of methoxy groups -OCH3 is 2. The van der Waals surface area contributed by atoms with Gasteiger partial charge in [0.15, 0.2) is 0 Å². The second-order valence-corrected chi connectivity index (χ2v) is 3.71. The van der Waals surface area contributed by atoms with Crippen molar-refractivity contribution in [3.05, 3.63) is 54.1 Å². The molecule has 3 nitrogen and oxygen atoms in total. The second-order valence-electron chi connectivity index (χ2n) is 3.71. The lowest BCUT2D eigenvalue weighted by Crippen LogP contribution is -1.99. The Morgan fingerprint density at radius 2 is 1.94 bits per heavy atom. The minimum Gasteiger partial charge on any atom is -0.497 e. The summed E-state index contributed by atoms with van der Waals surface area (Å²) in [6.45, 7) is 0.429. The molecule has 1 radical (unpaired) electrons. The Morgan fingerprint density at radius 3 is 2.61 bits per heavy atom. The fraction of sp³-hybridized carbons (Fsp3) is 0.200. The van der Waals surface area contributed by atoms with Crippen LogP contribution in [0.2, 0.25) is 0 Å². The van der Waals surface area contributed by atoms with E-state index in [1.54, 1.807) is 20.3 Å². The molecule has 0 aliphatic carbocycles. The van der Waals surface area contributed by atoms with Gasteiger partial charge in [0.25, 0.3) is 0 Å². The van der Waals surface area contributed by atoms with Crippen molar-refractivity contribution in [2.75, 3.05) is 14.2 Å². The SMILES string of the molecule is COc1ccc(OC)c(COc2c[c]ccc2)c1. The summed E-state index contributed by atoms with van der Waals surface area (Å²) in [5, 5.41) is 0. The molecule has 93 valence electrons. The van der Waals surface area contributed by atoms with Crippen molar-refractivity contribution in [2.24, 2.45) is 0 Å². The summed E-state index contributed by atoms with van der Waals surface area (Å²) in [6, 6.07) is 16.0. The van der Waals surface area contributed by atoms with Gasteiger partial charge in [0.05, 0.1) is 14.2 Å². The van der Waals surface area contributed by atoms with Crippen LogP contribution in [0.1, 0.15) is 5.56 Å². The van der Waals surface area contributed by atoms with Crippen molar-refractivity contribution in [3.8, 4) is 17.2 Å². The van der Waals surface area contributed by atoms with Crippen molar-refractivity contribution in [3.63, 3.8) is 0 Å². The number of hydrogen-bond donors (Lipinski definition) is 0. The molecule has 2 aromatic carbocycles. The van der Waals surface area contributed by atoms with Crippen molar-refractivity contribution in [2.45, 2.75) is 6.61 Å². The molecule has 0 aliphatic heterocycles. The standard InChI is InChI=1S/C15H15O3/c1-16-14-8-9-15(17-2)12(10-14)11-18-13-6-4-3-5-7-13/h3-4,6-10H,11H2,1-2H3. The molecular formula is C15H15O3. The van der Waals surface area contributed by atoms with Crippen LogP contribution in [0.25, 0.3) is 0 Å². The van der Waals surface area contributed by atoms with Gasteiger partial charge in [-0.15, -0.1) is 0 Å². The quantitative estimate of drug-likeness (QED) is 0.807. The molecule has 0 spiro atoms. The number of hydrogen-bond acceptors (Lipinski definition) is 3. The van der Waals surface area contributed by atoms with Crippen LogP contribution < -0.4 is 14.2 Å². The van der Waals surface area contributed by atoms with E-state index >= 15 is 0 Å². The smallest absolute Gasteiger partial charge is 0.125 e. The molecule has 0 heterocycles. The van der Waals surface area contributed by atoms with Crippen LogP contribution in [0.3, 0.4) is 0 Å². The minimum absolute atomic E-state index is 0.429. The Labute approximate surface area is 107 Å². The maximum Gasteiger partial charge on any atom is 0.125 e. The predicted molar refractivity (Wildman–Crippen MR) is 69.2 cm³/mol. The summed E-state index contributed by atoms with van der Waals surface area (Å²) in [4.78, 5) is 0. The number of ether oxygens (including phenoxy) is 3. The van der Waals surface area contributed by atoms with Crippen molar-refractivity contribution in [1.82, 2.24) is 0 Å². The zero-order valence-corrected chi connectivity index (χ0v) is 10.5. The normalized spacial score (nSPS) is 9.89. The molecule has 0 N–H and O–H groups in total. The summed E-state index contributed by atoms with van der Waals surface area (Å²) in [5.41, 5.74) is 0.945. The Morgan fingerprint density at radius 1 is 1.06 bits per heavy atom. The molecular weight excluding hydrogens is 228 g/mol. The van der Waals surface area contributed by atoms with E-state index in [1.165, 1.54) is 0 Å². The van der Waals surface area contributed by atoms with Crippen LogP contribution in [0.15, 0.2) is 42.5 Å². The third-order valence-electron chi connectivity index (χ3n) is 2.56. The third kappa shape index (κ3) is 2.94. The fourth-order valence-electron chi connectivity index (χ4n) is 1.62. The topological polar surface area (TPSA) is 27.7 Å². The molecule has 0 saturated carbocycles.